The summed E-state index contributed by atoms with van der Waals surface area (Å²) in [6.07, 6.45) is 0.705. The highest BCUT2D eigenvalue weighted by molar-refractivity contribution is 5.82. The molecule has 0 radical (unpaired) electrons. The average molecular weight is 593 g/mol. The molecule has 13 heteroatoms. The Morgan fingerprint density at radius 3 is 1.17 bits per heavy atom. The number of hydrogen-bond acceptors (Lipinski definition) is 13. The number of ether oxygens (including phenoxy) is 12. The third kappa shape index (κ3) is 19.6. The zero-order valence-corrected chi connectivity index (χ0v) is 24.8. The number of methoxy groups -OCH3 is 3. The fourth-order valence-corrected chi connectivity index (χ4v) is 3.06. The van der Waals surface area contributed by atoms with Crippen LogP contribution >= 0.6 is 0 Å². The van der Waals surface area contributed by atoms with Gasteiger partial charge in [-0.25, -0.2) is 0 Å². The van der Waals surface area contributed by atoms with Crippen LogP contribution in [0.1, 0.15) is 10.4 Å². The van der Waals surface area contributed by atoms with E-state index in [4.69, 9.17) is 56.8 Å². The lowest BCUT2D eigenvalue weighted by molar-refractivity contribution is 0.0146. The molecule has 0 unspecified atom stereocenters. The van der Waals surface area contributed by atoms with Gasteiger partial charge in [0.05, 0.1) is 105 Å². The van der Waals surface area contributed by atoms with Crippen LogP contribution < -0.4 is 14.2 Å². The molecule has 0 aliphatic carbocycles. The molecule has 0 spiro atoms. The van der Waals surface area contributed by atoms with Crippen LogP contribution in [0.25, 0.3) is 0 Å². The fraction of sp³-hybridized carbons (Fsp3) is 0.750. The van der Waals surface area contributed by atoms with Crippen molar-refractivity contribution in [1.29, 1.82) is 0 Å². The number of carbonyl (C=O) groups is 1. The van der Waals surface area contributed by atoms with Crippen LogP contribution in [0.5, 0.6) is 17.2 Å². The van der Waals surface area contributed by atoms with Gasteiger partial charge in [0.2, 0.25) is 5.75 Å². The van der Waals surface area contributed by atoms with E-state index < -0.39 is 0 Å². The Labute approximate surface area is 243 Å². The van der Waals surface area contributed by atoms with Crippen molar-refractivity contribution >= 4 is 6.29 Å². The lowest BCUT2D eigenvalue weighted by atomic mass is 10.2. The van der Waals surface area contributed by atoms with Crippen LogP contribution in [0.3, 0.4) is 0 Å². The third-order valence-electron chi connectivity index (χ3n) is 5.08. The Hall–Kier alpha value is -2.07. The van der Waals surface area contributed by atoms with Crippen LogP contribution in [0.15, 0.2) is 12.1 Å². The first kappa shape index (κ1) is 37.0. The number of hydrogen-bond donors (Lipinski definition) is 0. The Bertz CT molecular complexity index is 735. The summed E-state index contributed by atoms with van der Waals surface area (Å²) in [5.41, 5.74) is 0.326. The maximum atomic E-state index is 11.8. The van der Waals surface area contributed by atoms with Gasteiger partial charge in [0, 0.05) is 21.3 Å². The van der Waals surface area contributed by atoms with Crippen LogP contribution in [0.2, 0.25) is 0 Å². The highest BCUT2D eigenvalue weighted by atomic mass is 16.6. The summed E-state index contributed by atoms with van der Waals surface area (Å²) in [6.45, 7) is 7.31. The van der Waals surface area contributed by atoms with E-state index in [2.05, 4.69) is 0 Å². The van der Waals surface area contributed by atoms with Crippen molar-refractivity contribution in [1.82, 2.24) is 0 Å². The predicted molar refractivity (Wildman–Crippen MR) is 149 cm³/mol. The molecule has 0 aromatic heterocycles. The molecule has 0 aliphatic rings. The summed E-state index contributed by atoms with van der Waals surface area (Å²) < 4.78 is 65.4. The lowest BCUT2D eigenvalue weighted by Gasteiger charge is -2.18. The van der Waals surface area contributed by atoms with Gasteiger partial charge in [-0.1, -0.05) is 0 Å². The minimum atomic E-state index is 0.195. The van der Waals surface area contributed by atoms with Gasteiger partial charge in [0.25, 0.3) is 0 Å². The molecule has 0 aliphatic heterocycles. The molecular weight excluding hydrogens is 544 g/mol. The molecular formula is C28H48O13. The van der Waals surface area contributed by atoms with Crippen molar-refractivity contribution in [2.45, 2.75) is 0 Å². The molecule has 0 atom stereocenters. The molecule has 1 rings (SSSR count). The number of benzene rings is 1. The molecule has 1 aromatic rings. The molecule has 0 bridgehead atoms. The standard InChI is InChI=1S/C28H48O13/c1-30-6-9-33-12-15-36-18-21-39-26-5-4-25(24-29)27(40-22-19-37-16-13-34-10-7-31-2)28(26)41-23-20-38-17-14-35-11-8-32-3/h4-5,24H,6-23H2,1-3H3. The molecule has 0 saturated heterocycles. The second-order valence-electron chi connectivity index (χ2n) is 8.13. The van der Waals surface area contributed by atoms with E-state index in [0.717, 1.165) is 0 Å². The fourth-order valence-electron chi connectivity index (χ4n) is 3.06. The zero-order chi connectivity index (χ0) is 29.6. The van der Waals surface area contributed by atoms with Gasteiger partial charge in [0.1, 0.15) is 19.8 Å². The monoisotopic (exact) mass is 592 g/mol. The van der Waals surface area contributed by atoms with Crippen molar-refractivity contribution in [3.63, 3.8) is 0 Å². The Morgan fingerprint density at radius 2 is 0.780 bits per heavy atom. The van der Waals surface area contributed by atoms with Gasteiger partial charge in [-0.15, -0.1) is 0 Å². The van der Waals surface area contributed by atoms with Gasteiger partial charge >= 0.3 is 0 Å². The van der Waals surface area contributed by atoms with E-state index in [1.165, 1.54) is 0 Å². The van der Waals surface area contributed by atoms with Crippen LogP contribution in [0.4, 0.5) is 0 Å². The molecule has 13 nitrogen and oxygen atoms in total. The van der Waals surface area contributed by atoms with E-state index in [1.54, 1.807) is 33.5 Å². The third-order valence-corrected chi connectivity index (χ3v) is 5.08. The Kier molecular flexibility index (Phi) is 25.3. The van der Waals surface area contributed by atoms with Gasteiger partial charge in [-0.3, -0.25) is 4.79 Å². The van der Waals surface area contributed by atoms with E-state index >= 15 is 0 Å². The minimum Gasteiger partial charge on any atom is -0.487 e. The van der Waals surface area contributed by atoms with Crippen LogP contribution in [0, 0.1) is 0 Å². The van der Waals surface area contributed by atoms with Crippen molar-refractivity contribution < 1.29 is 61.6 Å². The highest BCUT2D eigenvalue weighted by Crippen LogP contribution is 2.40. The average Bonchev–Trinajstić information content (AvgIpc) is 2.99. The Balaban J connectivity index is 2.62. The lowest BCUT2D eigenvalue weighted by Crippen LogP contribution is -2.16. The first-order chi connectivity index (χ1) is 20.3. The SMILES string of the molecule is COCCOCCOCCOc1ccc(C=O)c(OCCOCCOCCOC)c1OCCOCCOCCOC. The van der Waals surface area contributed by atoms with Gasteiger partial charge in [-0.2, -0.15) is 0 Å². The quantitative estimate of drug-likeness (QED) is 0.0917. The van der Waals surface area contributed by atoms with Crippen molar-refractivity contribution in [3.05, 3.63) is 17.7 Å². The van der Waals surface area contributed by atoms with Crippen molar-refractivity contribution in [2.24, 2.45) is 0 Å². The summed E-state index contributed by atoms with van der Waals surface area (Å²) in [5.74, 6) is 0.994. The zero-order valence-electron chi connectivity index (χ0n) is 24.8. The predicted octanol–water partition coefficient (Wildman–Crippen LogP) is 1.67. The number of aldehydes is 1. The number of rotatable bonds is 31. The summed E-state index contributed by atoms with van der Waals surface area (Å²) in [7, 11) is 4.86. The molecule has 0 saturated carbocycles. The molecule has 0 amide bonds. The van der Waals surface area contributed by atoms with Gasteiger partial charge in [0.15, 0.2) is 17.8 Å². The van der Waals surface area contributed by atoms with E-state index in [0.29, 0.717) is 122 Å². The molecule has 41 heavy (non-hydrogen) atoms. The van der Waals surface area contributed by atoms with Crippen LogP contribution in [-0.2, 0) is 42.6 Å². The Morgan fingerprint density at radius 1 is 0.439 bits per heavy atom. The molecule has 1 aromatic carbocycles. The van der Waals surface area contributed by atoms with Crippen molar-refractivity contribution in [3.8, 4) is 17.2 Å². The van der Waals surface area contributed by atoms with Crippen LogP contribution in [-0.4, -0.2) is 147 Å². The maximum Gasteiger partial charge on any atom is 0.204 e. The van der Waals surface area contributed by atoms with E-state index in [1.807, 2.05) is 0 Å². The first-order valence-electron chi connectivity index (χ1n) is 13.7. The first-order valence-corrected chi connectivity index (χ1v) is 13.7. The molecule has 0 fully saturated rings. The largest absolute Gasteiger partial charge is 0.487 e. The molecule has 238 valence electrons. The maximum absolute atomic E-state index is 11.8. The van der Waals surface area contributed by atoms with Gasteiger partial charge in [-0.05, 0) is 12.1 Å². The highest BCUT2D eigenvalue weighted by Gasteiger charge is 2.18. The second-order valence-corrected chi connectivity index (χ2v) is 8.13. The summed E-state index contributed by atoms with van der Waals surface area (Å²) in [5, 5.41) is 0. The smallest absolute Gasteiger partial charge is 0.204 e. The summed E-state index contributed by atoms with van der Waals surface area (Å²) in [4.78, 5) is 11.8. The topological polar surface area (TPSA) is 128 Å². The van der Waals surface area contributed by atoms with Crippen molar-refractivity contribution in [2.75, 3.05) is 140 Å². The number of carbonyl (C=O) groups excluding carboxylic acids is 1. The molecule has 0 N–H and O–H groups in total. The summed E-state index contributed by atoms with van der Waals surface area (Å²) >= 11 is 0. The molecule has 0 heterocycles. The van der Waals surface area contributed by atoms with E-state index in [9.17, 15) is 4.79 Å². The normalized spacial score (nSPS) is 11.1. The minimum absolute atomic E-state index is 0.195. The van der Waals surface area contributed by atoms with Gasteiger partial charge < -0.3 is 56.8 Å². The van der Waals surface area contributed by atoms with E-state index in [-0.39, 0.29) is 25.6 Å². The summed E-state index contributed by atoms with van der Waals surface area (Å²) in [6, 6.07) is 3.28. The second kappa shape index (κ2) is 28.1.